The average molecular weight is 369 g/mol. The summed E-state index contributed by atoms with van der Waals surface area (Å²) in [5.41, 5.74) is 0. The maximum atomic E-state index is 12.7. The molecule has 0 saturated carbocycles. The Morgan fingerprint density at radius 3 is 2.67 bits per heavy atom. The Morgan fingerprint density at radius 1 is 1.17 bits per heavy atom. The van der Waals surface area contributed by atoms with E-state index in [-0.39, 0.29) is 12.5 Å². The Labute approximate surface area is 153 Å². The van der Waals surface area contributed by atoms with Crippen LogP contribution in [0.4, 0.5) is 0 Å². The van der Waals surface area contributed by atoms with Crippen molar-refractivity contribution in [3.63, 3.8) is 0 Å². The predicted octanol–water partition coefficient (Wildman–Crippen LogP) is 3.15. The first-order valence-corrected chi connectivity index (χ1v) is 10.2. The molecule has 2 heterocycles. The van der Waals surface area contributed by atoms with Gasteiger partial charge in [-0.05, 0) is 62.4 Å². The highest BCUT2D eigenvalue weighted by Gasteiger charge is 2.28. The molecule has 0 aliphatic carbocycles. The zero-order valence-electron chi connectivity index (χ0n) is 14.0. The number of rotatable bonds is 5. The van der Waals surface area contributed by atoms with Crippen molar-refractivity contribution in [3.8, 4) is 5.75 Å². The van der Waals surface area contributed by atoms with Crippen LogP contribution >= 0.6 is 23.4 Å². The Morgan fingerprint density at radius 2 is 1.92 bits per heavy atom. The lowest BCUT2D eigenvalue weighted by Gasteiger charge is -2.32. The summed E-state index contributed by atoms with van der Waals surface area (Å²) in [5.74, 6) is 2.95. The van der Waals surface area contributed by atoms with Crippen LogP contribution in [-0.2, 0) is 4.79 Å². The van der Waals surface area contributed by atoms with Gasteiger partial charge in [0.05, 0.1) is 6.04 Å². The van der Waals surface area contributed by atoms with Crippen molar-refractivity contribution in [1.82, 2.24) is 9.80 Å². The maximum Gasteiger partial charge on any atom is 0.260 e. The molecule has 4 nitrogen and oxygen atoms in total. The Balaban J connectivity index is 1.57. The van der Waals surface area contributed by atoms with Gasteiger partial charge in [0.2, 0.25) is 0 Å². The van der Waals surface area contributed by atoms with E-state index in [1.807, 2.05) is 16.7 Å². The molecule has 0 aromatic heterocycles. The number of hydrogen-bond acceptors (Lipinski definition) is 4. The quantitative estimate of drug-likeness (QED) is 0.799. The van der Waals surface area contributed by atoms with Gasteiger partial charge in [0, 0.05) is 23.9 Å². The lowest BCUT2D eigenvalue weighted by atomic mass is 10.2. The summed E-state index contributed by atoms with van der Waals surface area (Å²) in [6.07, 6.45) is 3.63. The SMILES string of the molecule is O=C(COc1ccc(Cl)cc1)N1CCCSC[C@@H]1CN1CCCC1. The number of carbonyl (C=O) groups is 1. The number of ether oxygens (including phenoxy) is 1. The van der Waals surface area contributed by atoms with Crippen molar-refractivity contribution in [2.45, 2.75) is 25.3 Å². The third-order valence-electron chi connectivity index (χ3n) is 4.60. The van der Waals surface area contributed by atoms with E-state index in [9.17, 15) is 4.79 Å². The van der Waals surface area contributed by atoms with E-state index in [0.29, 0.717) is 16.8 Å². The molecular formula is C18H25ClN2O2S. The number of nitrogens with zero attached hydrogens (tertiary/aromatic N) is 2. The second-order valence-electron chi connectivity index (χ2n) is 6.42. The van der Waals surface area contributed by atoms with Gasteiger partial charge < -0.3 is 14.5 Å². The van der Waals surface area contributed by atoms with Gasteiger partial charge in [0.1, 0.15) is 5.75 Å². The fraction of sp³-hybridized carbons (Fsp3) is 0.611. The molecular weight excluding hydrogens is 344 g/mol. The summed E-state index contributed by atoms with van der Waals surface area (Å²) in [5, 5.41) is 0.670. The topological polar surface area (TPSA) is 32.8 Å². The number of halogens is 1. The van der Waals surface area contributed by atoms with Crippen LogP contribution in [0.5, 0.6) is 5.75 Å². The number of amides is 1. The molecule has 1 amide bonds. The summed E-state index contributed by atoms with van der Waals surface area (Å²) < 4.78 is 5.66. The number of likely N-dealkylation sites (tertiary alicyclic amines) is 1. The summed E-state index contributed by atoms with van der Waals surface area (Å²) in [7, 11) is 0. The maximum absolute atomic E-state index is 12.7. The minimum absolute atomic E-state index is 0.0941. The summed E-state index contributed by atoms with van der Waals surface area (Å²) >= 11 is 7.85. The first-order valence-electron chi connectivity index (χ1n) is 8.70. The summed E-state index contributed by atoms with van der Waals surface area (Å²) in [6.45, 7) is 4.28. The second-order valence-corrected chi connectivity index (χ2v) is 8.01. The fourth-order valence-corrected chi connectivity index (χ4v) is 4.51. The van der Waals surface area contributed by atoms with Gasteiger partial charge in [-0.25, -0.2) is 0 Å². The van der Waals surface area contributed by atoms with Gasteiger partial charge in [-0.1, -0.05) is 11.6 Å². The normalized spacial score (nSPS) is 22.4. The lowest BCUT2D eigenvalue weighted by Crippen LogP contribution is -2.49. The Kier molecular flexibility index (Phi) is 6.69. The minimum Gasteiger partial charge on any atom is -0.484 e. The molecule has 6 heteroatoms. The number of hydrogen-bond donors (Lipinski definition) is 0. The van der Waals surface area contributed by atoms with Crippen molar-refractivity contribution >= 4 is 29.3 Å². The molecule has 2 aliphatic rings. The van der Waals surface area contributed by atoms with Gasteiger partial charge in [-0.2, -0.15) is 11.8 Å². The van der Waals surface area contributed by atoms with Crippen LogP contribution in [0.3, 0.4) is 0 Å². The molecule has 1 atom stereocenters. The van der Waals surface area contributed by atoms with Crippen LogP contribution in [0.1, 0.15) is 19.3 Å². The van der Waals surface area contributed by atoms with E-state index in [2.05, 4.69) is 4.90 Å². The van der Waals surface area contributed by atoms with Crippen molar-refractivity contribution in [3.05, 3.63) is 29.3 Å². The first-order chi connectivity index (χ1) is 11.7. The molecule has 0 unspecified atom stereocenters. The third-order valence-corrected chi connectivity index (χ3v) is 6.05. The smallest absolute Gasteiger partial charge is 0.260 e. The van der Waals surface area contributed by atoms with Crippen LogP contribution in [0.25, 0.3) is 0 Å². The molecule has 0 radical (unpaired) electrons. The Hall–Kier alpha value is -0.910. The van der Waals surface area contributed by atoms with Crippen molar-refractivity contribution in [2.75, 3.05) is 44.3 Å². The first kappa shape index (κ1) is 17.9. The molecule has 2 saturated heterocycles. The average Bonchev–Trinajstić information content (AvgIpc) is 2.99. The van der Waals surface area contributed by atoms with Gasteiger partial charge in [-0.3, -0.25) is 4.79 Å². The monoisotopic (exact) mass is 368 g/mol. The van der Waals surface area contributed by atoms with Gasteiger partial charge in [0.25, 0.3) is 5.91 Å². The molecule has 0 bridgehead atoms. The van der Waals surface area contributed by atoms with Gasteiger partial charge in [0.15, 0.2) is 6.61 Å². The molecule has 2 aliphatic heterocycles. The summed E-state index contributed by atoms with van der Waals surface area (Å²) in [4.78, 5) is 17.3. The highest BCUT2D eigenvalue weighted by Crippen LogP contribution is 2.20. The zero-order valence-corrected chi connectivity index (χ0v) is 15.5. The van der Waals surface area contributed by atoms with Crippen LogP contribution < -0.4 is 4.74 Å². The largest absolute Gasteiger partial charge is 0.484 e. The molecule has 3 rings (SSSR count). The lowest BCUT2D eigenvalue weighted by molar-refractivity contribution is -0.135. The van der Waals surface area contributed by atoms with Crippen LogP contribution in [-0.4, -0.2) is 66.0 Å². The van der Waals surface area contributed by atoms with E-state index in [1.54, 1.807) is 24.3 Å². The van der Waals surface area contributed by atoms with E-state index < -0.39 is 0 Å². The van der Waals surface area contributed by atoms with Crippen LogP contribution in [0.15, 0.2) is 24.3 Å². The van der Waals surface area contributed by atoms with E-state index in [0.717, 1.165) is 31.0 Å². The summed E-state index contributed by atoms with van der Waals surface area (Å²) in [6, 6.07) is 7.46. The fourth-order valence-electron chi connectivity index (χ4n) is 3.33. The minimum atomic E-state index is 0.0941. The number of thioether (sulfide) groups is 1. The number of benzene rings is 1. The predicted molar refractivity (Wildman–Crippen MR) is 100 cm³/mol. The third kappa shape index (κ3) is 5.04. The molecule has 132 valence electrons. The van der Waals surface area contributed by atoms with Crippen molar-refractivity contribution in [2.24, 2.45) is 0 Å². The highest BCUT2D eigenvalue weighted by molar-refractivity contribution is 7.99. The van der Waals surface area contributed by atoms with Crippen LogP contribution in [0, 0.1) is 0 Å². The molecule has 1 aromatic carbocycles. The van der Waals surface area contributed by atoms with E-state index >= 15 is 0 Å². The van der Waals surface area contributed by atoms with Crippen molar-refractivity contribution in [1.29, 1.82) is 0 Å². The second kappa shape index (κ2) is 8.97. The van der Waals surface area contributed by atoms with E-state index in [4.69, 9.17) is 16.3 Å². The molecule has 0 spiro atoms. The molecule has 0 N–H and O–H groups in total. The molecule has 24 heavy (non-hydrogen) atoms. The standard InChI is InChI=1S/C18H25ClN2O2S/c19-15-4-6-17(7-5-15)23-13-18(22)21-10-3-11-24-14-16(21)12-20-8-1-2-9-20/h4-7,16H,1-3,8-14H2/t16-/m0/s1. The van der Waals surface area contributed by atoms with Crippen LogP contribution in [0.2, 0.25) is 5.02 Å². The van der Waals surface area contributed by atoms with Gasteiger partial charge in [-0.15, -0.1) is 0 Å². The zero-order chi connectivity index (χ0) is 16.8. The van der Waals surface area contributed by atoms with E-state index in [1.165, 1.54) is 25.9 Å². The molecule has 2 fully saturated rings. The highest BCUT2D eigenvalue weighted by atomic mass is 35.5. The van der Waals surface area contributed by atoms with Gasteiger partial charge >= 0.3 is 0 Å². The molecule has 1 aromatic rings. The Bertz CT molecular complexity index is 534. The van der Waals surface area contributed by atoms with Crippen molar-refractivity contribution < 1.29 is 9.53 Å². The number of carbonyl (C=O) groups excluding carboxylic acids is 1.